The number of aliphatic hydroxyl groups is 3. The van der Waals surface area contributed by atoms with Crippen molar-refractivity contribution in [1.82, 2.24) is 0 Å². The van der Waals surface area contributed by atoms with Crippen LogP contribution in [0, 0.1) is 0 Å². The van der Waals surface area contributed by atoms with Crippen LogP contribution in [-0.2, 0) is 9.47 Å². The van der Waals surface area contributed by atoms with E-state index in [-0.39, 0.29) is 13.2 Å². The van der Waals surface area contributed by atoms with Crippen LogP contribution in [0.2, 0.25) is 0 Å². The van der Waals surface area contributed by atoms with E-state index in [1.807, 2.05) is 0 Å². The summed E-state index contributed by atoms with van der Waals surface area (Å²) in [5.41, 5.74) is 0. The quantitative estimate of drug-likeness (QED) is 0.333. The molecule has 24 heavy (non-hydrogen) atoms. The molecule has 1 aliphatic rings. The molecule has 3 N–H and O–H groups in total. The molecular weight excluding hydrogens is 308 g/mol. The Morgan fingerprint density at radius 2 is 1.75 bits per heavy atom. The molecular formula is C19H36O5. The number of ether oxygens (including phenoxy) is 2. The predicted molar refractivity (Wildman–Crippen MR) is 94.9 cm³/mol. The van der Waals surface area contributed by atoms with Gasteiger partial charge in [-0.2, -0.15) is 0 Å². The molecule has 0 aromatic heterocycles. The summed E-state index contributed by atoms with van der Waals surface area (Å²) in [7, 11) is 0. The minimum absolute atomic E-state index is 0.151. The normalized spacial score (nSPS) is 25.6. The Balaban J connectivity index is 1.98. The number of rotatable bonds is 14. The number of allylic oxidation sites excluding steroid dienone is 2. The molecule has 1 aliphatic heterocycles. The van der Waals surface area contributed by atoms with Crippen molar-refractivity contribution in [2.75, 3.05) is 19.8 Å². The van der Waals surface area contributed by atoms with Gasteiger partial charge in [0.25, 0.3) is 0 Å². The van der Waals surface area contributed by atoms with Gasteiger partial charge in [-0.15, -0.1) is 0 Å². The van der Waals surface area contributed by atoms with Crippen LogP contribution in [0.25, 0.3) is 0 Å². The zero-order chi connectivity index (χ0) is 17.6. The maximum atomic E-state index is 9.83. The summed E-state index contributed by atoms with van der Waals surface area (Å²) in [6, 6.07) is 0. The van der Waals surface area contributed by atoms with Crippen LogP contribution >= 0.6 is 0 Å². The van der Waals surface area contributed by atoms with Crippen LogP contribution in [0.3, 0.4) is 0 Å². The molecule has 0 bridgehead atoms. The van der Waals surface area contributed by atoms with Gasteiger partial charge in [0.1, 0.15) is 24.4 Å². The second-order valence-corrected chi connectivity index (χ2v) is 6.62. The first-order valence-electron chi connectivity index (χ1n) is 9.55. The van der Waals surface area contributed by atoms with E-state index in [4.69, 9.17) is 14.6 Å². The van der Waals surface area contributed by atoms with Crippen molar-refractivity contribution in [1.29, 1.82) is 0 Å². The standard InChI is InChI=1S/C19H36O5/c1-2-3-4-5-6-7-8-9-10-11-12-13-23-19-17(22)15-24-18(19)16(21)14-20/h5-6,16-22H,2-4,7-15H2,1H3/b6-5+/t16-,17+,18-,19-/m1/s1. The van der Waals surface area contributed by atoms with E-state index in [0.29, 0.717) is 6.61 Å². The lowest BCUT2D eigenvalue weighted by Crippen LogP contribution is -2.42. The van der Waals surface area contributed by atoms with E-state index in [2.05, 4.69) is 19.1 Å². The lowest BCUT2D eigenvalue weighted by atomic mass is 10.1. The van der Waals surface area contributed by atoms with E-state index in [9.17, 15) is 10.2 Å². The molecule has 0 unspecified atom stereocenters. The smallest absolute Gasteiger partial charge is 0.114 e. The summed E-state index contributed by atoms with van der Waals surface area (Å²) in [5.74, 6) is 0. The first-order valence-corrected chi connectivity index (χ1v) is 9.55. The largest absolute Gasteiger partial charge is 0.394 e. The van der Waals surface area contributed by atoms with Gasteiger partial charge in [-0.1, -0.05) is 51.2 Å². The van der Waals surface area contributed by atoms with Gasteiger partial charge in [-0.25, -0.2) is 0 Å². The van der Waals surface area contributed by atoms with Crippen LogP contribution < -0.4 is 0 Å². The number of hydrogen-bond donors (Lipinski definition) is 3. The van der Waals surface area contributed by atoms with Gasteiger partial charge in [0.2, 0.25) is 0 Å². The van der Waals surface area contributed by atoms with Crippen LogP contribution in [0.1, 0.15) is 64.7 Å². The van der Waals surface area contributed by atoms with Crippen molar-refractivity contribution in [3.05, 3.63) is 12.2 Å². The summed E-state index contributed by atoms with van der Waals surface area (Å²) in [4.78, 5) is 0. The molecule has 0 aromatic carbocycles. The van der Waals surface area contributed by atoms with Crippen molar-refractivity contribution >= 4 is 0 Å². The Hall–Kier alpha value is -0.460. The lowest BCUT2D eigenvalue weighted by molar-refractivity contribution is -0.0938. The maximum absolute atomic E-state index is 9.83. The van der Waals surface area contributed by atoms with Gasteiger partial charge in [0.15, 0.2) is 0 Å². The first kappa shape index (κ1) is 21.6. The van der Waals surface area contributed by atoms with E-state index in [1.165, 1.54) is 44.9 Å². The van der Waals surface area contributed by atoms with Gasteiger partial charge < -0.3 is 24.8 Å². The van der Waals surface area contributed by atoms with Crippen molar-refractivity contribution in [2.24, 2.45) is 0 Å². The molecule has 0 aliphatic carbocycles. The molecule has 1 fully saturated rings. The minimum Gasteiger partial charge on any atom is -0.394 e. The molecule has 142 valence electrons. The fraction of sp³-hybridized carbons (Fsp3) is 0.895. The summed E-state index contributed by atoms with van der Waals surface area (Å²) in [6.07, 6.45) is 12.3. The van der Waals surface area contributed by atoms with Gasteiger partial charge in [-0.3, -0.25) is 0 Å². The molecule has 0 aromatic rings. The molecule has 1 heterocycles. The van der Waals surface area contributed by atoms with Crippen LogP contribution in [-0.4, -0.2) is 59.6 Å². The van der Waals surface area contributed by atoms with Crippen LogP contribution in [0.15, 0.2) is 12.2 Å². The average molecular weight is 344 g/mol. The Kier molecular flexibility index (Phi) is 12.4. The fourth-order valence-electron chi connectivity index (χ4n) is 2.93. The summed E-state index contributed by atoms with van der Waals surface area (Å²) in [5, 5.41) is 28.5. The van der Waals surface area contributed by atoms with Crippen molar-refractivity contribution in [3.8, 4) is 0 Å². The van der Waals surface area contributed by atoms with Gasteiger partial charge in [0, 0.05) is 6.61 Å². The first-order chi connectivity index (χ1) is 11.7. The third kappa shape index (κ3) is 8.58. The topological polar surface area (TPSA) is 79.2 Å². The maximum Gasteiger partial charge on any atom is 0.114 e. The number of hydrogen-bond acceptors (Lipinski definition) is 5. The van der Waals surface area contributed by atoms with Crippen LogP contribution in [0.5, 0.6) is 0 Å². The van der Waals surface area contributed by atoms with Crippen LogP contribution in [0.4, 0.5) is 0 Å². The van der Waals surface area contributed by atoms with Crippen molar-refractivity contribution < 1.29 is 24.8 Å². The third-order valence-electron chi connectivity index (χ3n) is 4.45. The van der Waals surface area contributed by atoms with E-state index >= 15 is 0 Å². The van der Waals surface area contributed by atoms with Gasteiger partial charge >= 0.3 is 0 Å². The molecule has 1 saturated heterocycles. The zero-order valence-corrected chi connectivity index (χ0v) is 15.1. The van der Waals surface area contributed by atoms with Crippen molar-refractivity contribution in [2.45, 2.75) is 89.1 Å². The molecule has 5 nitrogen and oxygen atoms in total. The fourth-order valence-corrected chi connectivity index (χ4v) is 2.93. The molecule has 0 spiro atoms. The van der Waals surface area contributed by atoms with Crippen molar-refractivity contribution in [3.63, 3.8) is 0 Å². The van der Waals surface area contributed by atoms with E-state index in [0.717, 1.165) is 12.8 Å². The highest BCUT2D eigenvalue weighted by Gasteiger charge is 2.40. The monoisotopic (exact) mass is 344 g/mol. The Labute approximate surface area is 146 Å². The second kappa shape index (κ2) is 13.8. The Bertz CT molecular complexity index is 321. The molecule has 0 radical (unpaired) electrons. The second-order valence-electron chi connectivity index (χ2n) is 6.62. The third-order valence-corrected chi connectivity index (χ3v) is 4.45. The highest BCUT2D eigenvalue weighted by atomic mass is 16.6. The molecule has 4 atom stereocenters. The van der Waals surface area contributed by atoms with E-state index < -0.39 is 24.4 Å². The average Bonchev–Trinajstić information content (AvgIpc) is 2.96. The molecule has 1 rings (SSSR count). The Morgan fingerprint density at radius 1 is 1.08 bits per heavy atom. The Morgan fingerprint density at radius 3 is 2.46 bits per heavy atom. The highest BCUT2D eigenvalue weighted by Crippen LogP contribution is 2.21. The van der Waals surface area contributed by atoms with Gasteiger partial charge in [0.05, 0.1) is 13.2 Å². The number of unbranched alkanes of at least 4 members (excludes halogenated alkanes) is 7. The minimum atomic E-state index is -1.00. The number of aliphatic hydroxyl groups excluding tert-OH is 3. The predicted octanol–water partition coefficient (Wildman–Crippen LogP) is 2.57. The highest BCUT2D eigenvalue weighted by molar-refractivity contribution is 4.89. The zero-order valence-electron chi connectivity index (χ0n) is 15.1. The summed E-state index contributed by atoms with van der Waals surface area (Å²) >= 11 is 0. The molecule has 0 amide bonds. The molecule has 0 saturated carbocycles. The summed E-state index contributed by atoms with van der Waals surface area (Å²) < 4.78 is 11.0. The lowest BCUT2D eigenvalue weighted by Gasteiger charge is -2.23. The molecule has 5 heteroatoms. The summed E-state index contributed by atoms with van der Waals surface area (Å²) in [6.45, 7) is 2.53. The SMILES string of the molecule is CCCC/C=C/CCCCCCCO[C@H]1[C@@H]([C@H](O)CO)OC[C@@H]1O. The van der Waals surface area contributed by atoms with Gasteiger partial charge in [-0.05, 0) is 25.7 Å². The van der Waals surface area contributed by atoms with E-state index in [1.54, 1.807) is 0 Å².